The van der Waals surface area contributed by atoms with Crippen molar-refractivity contribution in [2.75, 3.05) is 0 Å². The zero-order valence-electron chi connectivity index (χ0n) is 9.10. The molecule has 2 N–H and O–H groups in total. The highest BCUT2D eigenvalue weighted by atomic mass is 32.2. The van der Waals surface area contributed by atoms with Gasteiger partial charge in [0.2, 0.25) is 10.0 Å². The number of sulfonamides is 1. The molecule has 0 saturated carbocycles. The minimum atomic E-state index is -3.65. The number of benzene rings is 1. The second-order valence-corrected chi connectivity index (χ2v) is 6.57. The van der Waals surface area contributed by atoms with Crippen LogP contribution in [0.5, 0.6) is 0 Å². The molecule has 0 aliphatic heterocycles. The van der Waals surface area contributed by atoms with Gasteiger partial charge in [-0.15, -0.1) is 11.3 Å². The predicted molar refractivity (Wildman–Crippen MR) is 67.3 cm³/mol. The zero-order valence-corrected chi connectivity index (χ0v) is 10.7. The molecule has 0 spiro atoms. The summed E-state index contributed by atoms with van der Waals surface area (Å²) in [4.78, 5) is 1.13. The molecule has 0 bridgehead atoms. The largest absolute Gasteiger partial charge is 0.239 e. The molecule has 3 nitrogen and oxygen atoms in total. The first kappa shape index (κ1) is 11.6. The van der Waals surface area contributed by atoms with Gasteiger partial charge in [-0.25, -0.2) is 13.6 Å². The second kappa shape index (κ2) is 3.84. The molecule has 0 saturated heterocycles. The Kier molecular flexibility index (Phi) is 2.77. The monoisotopic (exact) mass is 255 g/mol. The van der Waals surface area contributed by atoms with Gasteiger partial charge < -0.3 is 0 Å². The van der Waals surface area contributed by atoms with Crippen molar-refractivity contribution in [2.24, 2.45) is 5.14 Å². The normalized spacial score (nSPS) is 12.5. The standard InChI is InChI=1S/C11H13NO2S2/c1-7(2)10-11(16(12,13)14)8-5-3-4-6-9(8)15-10/h3-7H,1-2H3,(H2,12,13,14). The van der Waals surface area contributed by atoms with Crippen LogP contribution < -0.4 is 5.14 Å². The summed E-state index contributed by atoms with van der Waals surface area (Å²) >= 11 is 1.50. The van der Waals surface area contributed by atoms with Gasteiger partial charge >= 0.3 is 0 Å². The first-order valence-corrected chi connectivity index (χ1v) is 7.31. The van der Waals surface area contributed by atoms with E-state index in [0.29, 0.717) is 4.90 Å². The van der Waals surface area contributed by atoms with Crippen molar-refractivity contribution in [2.45, 2.75) is 24.7 Å². The topological polar surface area (TPSA) is 60.2 Å². The molecule has 0 radical (unpaired) electrons. The Bertz CT molecular complexity index is 626. The summed E-state index contributed by atoms with van der Waals surface area (Å²) in [5, 5.41) is 6.02. The Morgan fingerprint density at radius 3 is 2.44 bits per heavy atom. The number of rotatable bonds is 2. The molecule has 16 heavy (non-hydrogen) atoms. The summed E-state index contributed by atoms with van der Waals surface area (Å²) in [7, 11) is -3.65. The van der Waals surface area contributed by atoms with Gasteiger partial charge in [0, 0.05) is 15.0 Å². The second-order valence-electron chi connectivity index (χ2n) is 3.99. The lowest BCUT2D eigenvalue weighted by molar-refractivity contribution is 0.597. The van der Waals surface area contributed by atoms with Crippen molar-refractivity contribution >= 4 is 31.4 Å². The maximum atomic E-state index is 11.6. The molecule has 1 heterocycles. The van der Waals surface area contributed by atoms with Gasteiger partial charge in [-0.05, 0) is 12.0 Å². The van der Waals surface area contributed by atoms with E-state index in [4.69, 9.17) is 5.14 Å². The highest BCUT2D eigenvalue weighted by molar-refractivity contribution is 7.89. The van der Waals surface area contributed by atoms with Crippen LogP contribution in [0.3, 0.4) is 0 Å². The molecular weight excluding hydrogens is 242 g/mol. The molecule has 2 aromatic rings. The Balaban J connectivity index is 2.91. The number of hydrogen-bond donors (Lipinski definition) is 1. The van der Waals surface area contributed by atoms with E-state index in [1.165, 1.54) is 11.3 Å². The molecular formula is C11H13NO2S2. The molecule has 0 amide bonds. The third kappa shape index (κ3) is 1.86. The van der Waals surface area contributed by atoms with E-state index in [9.17, 15) is 8.42 Å². The average Bonchev–Trinajstić information content (AvgIpc) is 2.55. The van der Waals surface area contributed by atoms with Gasteiger partial charge in [-0.1, -0.05) is 32.0 Å². The smallest absolute Gasteiger partial charge is 0.225 e. The van der Waals surface area contributed by atoms with Crippen LogP contribution in [0.25, 0.3) is 10.1 Å². The summed E-state index contributed by atoms with van der Waals surface area (Å²) in [6, 6.07) is 7.45. The quantitative estimate of drug-likeness (QED) is 0.896. The van der Waals surface area contributed by atoms with Crippen LogP contribution in [-0.2, 0) is 10.0 Å². The SMILES string of the molecule is CC(C)c1sc2ccccc2c1S(N)(=O)=O. The maximum absolute atomic E-state index is 11.6. The van der Waals surface area contributed by atoms with Crippen molar-refractivity contribution in [3.05, 3.63) is 29.1 Å². The third-order valence-corrected chi connectivity index (χ3v) is 4.99. The van der Waals surface area contributed by atoms with Crippen LogP contribution >= 0.6 is 11.3 Å². The molecule has 1 aromatic carbocycles. The van der Waals surface area contributed by atoms with E-state index in [2.05, 4.69) is 0 Å². The average molecular weight is 255 g/mol. The maximum Gasteiger partial charge on any atom is 0.239 e. The van der Waals surface area contributed by atoms with Crippen LogP contribution in [0, 0.1) is 0 Å². The highest BCUT2D eigenvalue weighted by Gasteiger charge is 2.22. The summed E-state index contributed by atoms with van der Waals surface area (Å²) in [5.74, 6) is 0.158. The molecule has 0 unspecified atom stereocenters. The first-order chi connectivity index (χ1) is 7.41. The van der Waals surface area contributed by atoms with E-state index in [1.807, 2.05) is 32.0 Å². The molecule has 0 atom stereocenters. The third-order valence-electron chi connectivity index (χ3n) is 2.38. The number of nitrogens with two attached hydrogens (primary N) is 1. The molecule has 5 heteroatoms. The van der Waals surface area contributed by atoms with Gasteiger partial charge in [-0.3, -0.25) is 0 Å². The molecule has 0 aliphatic rings. The predicted octanol–water partition coefficient (Wildman–Crippen LogP) is 2.67. The van der Waals surface area contributed by atoms with Crippen molar-refractivity contribution < 1.29 is 8.42 Å². The zero-order chi connectivity index (χ0) is 11.9. The van der Waals surface area contributed by atoms with Crippen LogP contribution in [-0.4, -0.2) is 8.42 Å². The highest BCUT2D eigenvalue weighted by Crippen LogP contribution is 2.38. The van der Waals surface area contributed by atoms with Crippen molar-refractivity contribution in [1.29, 1.82) is 0 Å². The molecule has 86 valence electrons. The summed E-state index contributed by atoms with van der Waals surface area (Å²) in [5.41, 5.74) is 0. The van der Waals surface area contributed by atoms with Crippen LogP contribution in [0.2, 0.25) is 0 Å². The Hall–Kier alpha value is -0.910. The lowest BCUT2D eigenvalue weighted by Gasteiger charge is -2.04. The Morgan fingerprint density at radius 1 is 1.25 bits per heavy atom. The van der Waals surface area contributed by atoms with Gasteiger partial charge in [0.1, 0.15) is 4.90 Å². The van der Waals surface area contributed by atoms with Gasteiger partial charge in [0.15, 0.2) is 0 Å². The Morgan fingerprint density at radius 2 is 1.88 bits per heavy atom. The van der Waals surface area contributed by atoms with E-state index >= 15 is 0 Å². The molecule has 2 rings (SSSR count). The summed E-state index contributed by atoms with van der Waals surface area (Å²) < 4.78 is 24.2. The van der Waals surface area contributed by atoms with Crippen molar-refractivity contribution in [3.8, 4) is 0 Å². The van der Waals surface area contributed by atoms with Gasteiger partial charge in [-0.2, -0.15) is 0 Å². The first-order valence-electron chi connectivity index (χ1n) is 4.95. The van der Waals surface area contributed by atoms with Crippen LogP contribution in [0.15, 0.2) is 29.2 Å². The lowest BCUT2D eigenvalue weighted by atomic mass is 10.1. The van der Waals surface area contributed by atoms with Crippen molar-refractivity contribution in [3.63, 3.8) is 0 Å². The fourth-order valence-corrected chi connectivity index (χ4v) is 4.35. The van der Waals surface area contributed by atoms with Crippen LogP contribution in [0.4, 0.5) is 0 Å². The molecule has 0 fully saturated rings. The van der Waals surface area contributed by atoms with E-state index in [-0.39, 0.29) is 5.92 Å². The van der Waals surface area contributed by atoms with Gasteiger partial charge in [0.25, 0.3) is 0 Å². The van der Waals surface area contributed by atoms with Crippen molar-refractivity contribution in [1.82, 2.24) is 0 Å². The van der Waals surface area contributed by atoms with Crippen LogP contribution in [0.1, 0.15) is 24.6 Å². The summed E-state index contributed by atoms with van der Waals surface area (Å²) in [6.07, 6.45) is 0. The summed E-state index contributed by atoms with van der Waals surface area (Å²) in [6.45, 7) is 3.94. The van der Waals surface area contributed by atoms with E-state index < -0.39 is 10.0 Å². The Labute approximate surface area is 98.9 Å². The fraction of sp³-hybridized carbons (Fsp3) is 0.273. The van der Waals surface area contributed by atoms with E-state index in [0.717, 1.165) is 15.0 Å². The number of primary sulfonamides is 1. The number of fused-ring (bicyclic) bond motifs is 1. The van der Waals surface area contributed by atoms with Gasteiger partial charge in [0.05, 0.1) is 0 Å². The molecule has 1 aromatic heterocycles. The minimum Gasteiger partial charge on any atom is -0.225 e. The number of thiophene rings is 1. The lowest BCUT2D eigenvalue weighted by Crippen LogP contribution is -2.13. The number of hydrogen-bond acceptors (Lipinski definition) is 3. The van der Waals surface area contributed by atoms with E-state index in [1.54, 1.807) is 6.07 Å². The molecule has 0 aliphatic carbocycles. The fourth-order valence-electron chi connectivity index (χ4n) is 1.71. The minimum absolute atomic E-state index is 0.158.